The highest BCUT2D eigenvalue weighted by Crippen LogP contribution is 2.39. The van der Waals surface area contributed by atoms with E-state index in [-0.39, 0.29) is 5.60 Å². The van der Waals surface area contributed by atoms with E-state index in [2.05, 4.69) is 39.3 Å². The van der Waals surface area contributed by atoms with Crippen LogP contribution in [0.2, 0.25) is 0 Å². The van der Waals surface area contributed by atoms with Crippen LogP contribution in [0.15, 0.2) is 29.4 Å². The molecule has 1 aromatic carbocycles. The Labute approximate surface area is 122 Å². The van der Waals surface area contributed by atoms with Gasteiger partial charge in [0.05, 0.1) is 17.7 Å². The van der Waals surface area contributed by atoms with E-state index < -0.39 is 0 Å². The molecule has 2 aliphatic rings. The van der Waals surface area contributed by atoms with Gasteiger partial charge in [-0.15, -0.1) is 11.8 Å². The number of nitrogens with zero attached hydrogens (tertiary/aromatic N) is 3. The first-order chi connectivity index (χ1) is 9.80. The predicted octanol–water partition coefficient (Wildman–Crippen LogP) is 2.72. The smallest absolute Gasteiger partial charge is 0.140 e. The monoisotopic (exact) mass is 287 g/mol. The zero-order chi connectivity index (χ0) is 13.6. The quantitative estimate of drug-likeness (QED) is 0.794. The Morgan fingerprint density at radius 1 is 1.30 bits per heavy atom. The van der Waals surface area contributed by atoms with Gasteiger partial charge in [0, 0.05) is 29.8 Å². The number of benzene rings is 1. The predicted molar refractivity (Wildman–Crippen MR) is 81.4 cm³/mol. The summed E-state index contributed by atoms with van der Waals surface area (Å²) in [5.74, 6) is 1.05. The van der Waals surface area contributed by atoms with E-state index >= 15 is 0 Å². The van der Waals surface area contributed by atoms with Crippen molar-refractivity contribution in [1.82, 2.24) is 9.97 Å². The van der Waals surface area contributed by atoms with Gasteiger partial charge in [0.25, 0.3) is 0 Å². The minimum absolute atomic E-state index is 0.106. The zero-order valence-corrected chi connectivity index (χ0v) is 12.3. The topological polar surface area (TPSA) is 38.2 Å². The molecule has 0 saturated carbocycles. The SMILES string of the molecule is CSc1ccc2ncnc(N3CCC4(CCO4)C3)c2c1. The highest BCUT2D eigenvalue weighted by Gasteiger charge is 2.45. The summed E-state index contributed by atoms with van der Waals surface area (Å²) in [7, 11) is 0. The molecular formula is C15H17N3OS. The molecule has 2 fully saturated rings. The van der Waals surface area contributed by atoms with Crippen molar-refractivity contribution in [3.8, 4) is 0 Å². The molecule has 2 aliphatic heterocycles. The van der Waals surface area contributed by atoms with Crippen LogP contribution < -0.4 is 4.90 Å². The largest absolute Gasteiger partial charge is 0.373 e. The van der Waals surface area contributed by atoms with Crippen LogP contribution >= 0.6 is 11.8 Å². The Morgan fingerprint density at radius 3 is 2.90 bits per heavy atom. The van der Waals surface area contributed by atoms with Gasteiger partial charge in [0.2, 0.25) is 0 Å². The molecular weight excluding hydrogens is 270 g/mol. The van der Waals surface area contributed by atoms with Gasteiger partial charge < -0.3 is 9.64 Å². The van der Waals surface area contributed by atoms with Gasteiger partial charge in [0.1, 0.15) is 12.1 Å². The average Bonchev–Trinajstić information content (AvgIpc) is 2.91. The maximum absolute atomic E-state index is 5.80. The second-order valence-corrected chi connectivity index (χ2v) is 6.41. The molecule has 4 nitrogen and oxygen atoms in total. The first kappa shape index (κ1) is 12.4. The van der Waals surface area contributed by atoms with E-state index in [1.807, 2.05) is 0 Å². The number of aromatic nitrogens is 2. The van der Waals surface area contributed by atoms with E-state index in [1.165, 1.54) is 11.3 Å². The maximum atomic E-state index is 5.80. The van der Waals surface area contributed by atoms with Gasteiger partial charge in [-0.3, -0.25) is 0 Å². The fourth-order valence-electron chi connectivity index (χ4n) is 3.14. The summed E-state index contributed by atoms with van der Waals surface area (Å²) < 4.78 is 5.80. The molecule has 104 valence electrons. The molecule has 0 bridgehead atoms. The minimum atomic E-state index is 0.106. The normalized spacial score (nSPS) is 25.4. The standard InChI is InChI=1S/C15H17N3OS/c1-20-11-2-3-13-12(8-11)14(17-10-16-13)18-6-4-15(9-18)5-7-19-15/h2-3,8,10H,4-7,9H2,1H3. The van der Waals surface area contributed by atoms with Gasteiger partial charge in [-0.25, -0.2) is 9.97 Å². The van der Waals surface area contributed by atoms with Gasteiger partial charge in [-0.1, -0.05) is 0 Å². The van der Waals surface area contributed by atoms with Crippen molar-refractivity contribution < 1.29 is 4.74 Å². The number of rotatable bonds is 2. The number of thioether (sulfide) groups is 1. The molecule has 1 unspecified atom stereocenters. The van der Waals surface area contributed by atoms with Gasteiger partial charge >= 0.3 is 0 Å². The van der Waals surface area contributed by atoms with Crippen LogP contribution in [0.25, 0.3) is 10.9 Å². The molecule has 20 heavy (non-hydrogen) atoms. The molecule has 0 N–H and O–H groups in total. The second kappa shape index (κ2) is 4.60. The van der Waals surface area contributed by atoms with Crippen LogP contribution in [-0.2, 0) is 4.74 Å². The average molecular weight is 287 g/mol. The number of fused-ring (bicyclic) bond motifs is 1. The molecule has 2 aromatic rings. The van der Waals surface area contributed by atoms with E-state index in [1.54, 1.807) is 18.1 Å². The van der Waals surface area contributed by atoms with E-state index in [0.717, 1.165) is 42.8 Å². The van der Waals surface area contributed by atoms with Crippen molar-refractivity contribution in [1.29, 1.82) is 0 Å². The molecule has 1 atom stereocenters. The highest BCUT2D eigenvalue weighted by atomic mass is 32.2. The third kappa shape index (κ3) is 1.88. The van der Waals surface area contributed by atoms with Gasteiger partial charge in [-0.2, -0.15) is 0 Å². The Morgan fingerprint density at radius 2 is 2.20 bits per heavy atom. The van der Waals surface area contributed by atoms with Gasteiger partial charge in [0.15, 0.2) is 0 Å². The summed E-state index contributed by atoms with van der Waals surface area (Å²) in [6.07, 6.45) is 6.06. The van der Waals surface area contributed by atoms with Crippen LogP contribution in [0.4, 0.5) is 5.82 Å². The fourth-order valence-corrected chi connectivity index (χ4v) is 3.58. The van der Waals surface area contributed by atoms with Crippen LogP contribution in [-0.4, -0.2) is 41.5 Å². The number of ether oxygens (including phenoxy) is 1. The summed E-state index contributed by atoms with van der Waals surface area (Å²) in [4.78, 5) is 12.5. The Kier molecular flexibility index (Phi) is 2.86. The lowest BCUT2D eigenvalue weighted by molar-refractivity contribution is -0.130. The van der Waals surface area contributed by atoms with Crippen LogP contribution in [0.5, 0.6) is 0 Å². The summed E-state index contributed by atoms with van der Waals surface area (Å²) >= 11 is 1.75. The molecule has 2 saturated heterocycles. The van der Waals surface area contributed by atoms with Crippen molar-refractivity contribution in [3.63, 3.8) is 0 Å². The maximum Gasteiger partial charge on any atom is 0.140 e. The number of anilines is 1. The molecule has 4 rings (SSSR count). The van der Waals surface area contributed by atoms with Crippen molar-refractivity contribution in [2.24, 2.45) is 0 Å². The van der Waals surface area contributed by atoms with Crippen LogP contribution in [0.3, 0.4) is 0 Å². The number of hydrogen-bond donors (Lipinski definition) is 0. The molecule has 1 spiro atoms. The Balaban J connectivity index is 1.75. The lowest BCUT2D eigenvalue weighted by atomic mass is 9.94. The second-order valence-electron chi connectivity index (χ2n) is 5.53. The third-order valence-electron chi connectivity index (χ3n) is 4.40. The molecule has 0 radical (unpaired) electrons. The van der Waals surface area contributed by atoms with E-state index in [4.69, 9.17) is 4.74 Å². The summed E-state index contributed by atoms with van der Waals surface area (Å²) in [5.41, 5.74) is 1.12. The Hall–Kier alpha value is -1.33. The van der Waals surface area contributed by atoms with Crippen molar-refractivity contribution in [2.75, 3.05) is 30.9 Å². The summed E-state index contributed by atoms with van der Waals surface area (Å²) in [6.45, 7) is 2.90. The van der Waals surface area contributed by atoms with E-state index in [0.29, 0.717) is 0 Å². The Bertz CT molecular complexity index is 657. The number of hydrogen-bond acceptors (Lipinski definition) is 5. The van der Waals surface area contributed by atoms with Crippen LogP contribution in [0, 0.1) is 0 Å². The summed E-state index contributed by atoms with van der Waals surface area (Å²) in [5, 5.41) is 1.15. The highest BCUT2D eigenvalue weighted by molar-refractivity contribution is 7.98. The summed E-state index contributed by atoms with van der Waals surface area (Å²) in [6, 6.07) is 6.39. The van der Waals surface area contributed by atoms with Crippen molar-refractivity contribution in [3.05, 3.63) is 24.5 Å². The molecule has 1 aromatic heterocycles. The molecule has 5 heteroatoms. The molecule has 0 amide bonds. The van der Waals surface area contributed by atoms with Gasteiger partial charge in [-0.05, 0) is 30.9 Å². The van der Waals surface area contributed by atoms with Crippen molar-refractivity contribution in [2.45, 2.75) is 23.3 Å². The zero-order valence-electron chi connectivity index (χ0n) is 11.5. The van der Waals surface area contributed by atoms with Crippen molar-refractivity contribution >= 4 is 28.5 Å². The van der Waals surface area contributed by atoms with Crippen LogP contribution in [0.1, 0.15) is 12.8 Å². The lowest BCUT2D eigenvalue weighted by Gasteiger charge is -2.38. The lowest BCUT2D eigenvalue weighted by Crippen LogP contribution is -2.46. The fraction of sp³-hybridized carbons (Fsp3) is 0.467. The molecule has 0 aliphatic carbocycles. The third-order valence-corrected chi connectivity index (χ3v) is 5.13. The first-order valence-corrected chi connectivity index (χ1v) is 8.20. The van der Waals surface area contributed by atoms with E-state index in [9.17, 15) is 0 Å². The first-order valence-electron chi connectivity index (χ1n) is 6.97. The minimum Gasteiger partial charge on any atom is -0.373 e. The molecule has 3 heterocycles.